The fourth-order valence-electron chi connectivity index (χ4n) is 4.63. The van der Waals surface area contributed by atoms with Crippen molar-refractivity contribution in [2.75, 3.05) is 19.6 Å². The first-order chi connectivity index (χ1) is 16.2. The average Bonchev–Trinajstić information content (AvgIpc) is 3.48. The van der Waals surface area contributed by atoms with E-state index in [9.17, 15) is 9.59 Å². The molecule has 0 aliphatic carbocycles. The molecular formula is C25H28N6O2. The molecule has 0 radical (unpaired) electrons. The van der Waals surface area contributed by atoms with E-state index in [1.54, 1.807) is 24.8 Å². The van der Waals surface area contributed by atoms with Crippen LogP contribution in [0.3, 0.4) is 0 Å². The van der Waals surface area contributed by atoms with Crippen LogP contribution in [-0.2, 0) is 0 Å². The van der Waals surface area contributed by atoms with Gasteiger partial charge in [0.2, 0.25) is 0 Å². The van der Waals surface area contributed by atoms with Crippen molar-refractivity contribution < 1.29 is 9.59 Å². The summed E-state index contributed by atoms with van der Waals surface area (Å²) in [5.74, 6) is 0.628. The van der Waals surface area contributed by atoms with Crippen molar-refractivity contribution in [3.63, 3.8) is 0 Å². The standard InChI is InChI=1S/C25H28N6O2/c32-24(22-13-18-15-26-9-4-20(18)29-22)28-8-2-1-3-17-6-11-31(12-7-17)25(33)23-14-19-16-27-10-5-21(19)30-23/h4-5,9-10,13-17,29-30H,1-3,6-8,11-12H2,(H,28,32). The summed E-state index contributed by atoms with van der Waals surface area (Å²) in [6.45, 7) is 2.26. The molecule has 8 heteroatoms. The smallest absolute Gasteiger partial charge is 0.270 e. The van der Waals surface area contributed by atoms with Gasteiger partial charge in [0.1, 0.15) is 11.4 Å². The minimum Gasteiger partial charge on any atom is -0.351 e. The molecule has 1 saturated heterocycles. The second kappa shape index (κ2) is 9.44. The second-order valence-corrected chi connectivity index (χ2v) is 8.78. The van der Waals surface area contributed by atoms with E-state index in [-0.39, 0.29) is 11.8 Å². The summed E-state index contributed by atoms with van der Waals surface area (Å²) in [6.07, 6.45) is 12.2. The lowest BCUT2D eigenvalue weighted by Crippen LogP contribution is -2.38. The van der Waals surface area contributed by atoms with Gasteiger partial charge in [0.05, 0.1) is 0 Å². The highest BCUT2D eigenvalue weighted by molar-refractivity contribution is 5.98. The van der Waals surface area contributed by atoms with E-state index in [2.05, 4.69) is 25.3 Å². The number of hydrogen-bond donors (Lipinski definition) is 3. The first-order valence-corrected chi connectivity index (χ1v) is 11.6. The number of carbonyl (C=O) groups excluding carboxylic acids is 2. The van der Waals surface area contributed by atoms with Crippen LogP contribution < -0.4 is 5.32 Å². The monoisotopic (exact) mass is 444 g/mol. The number of pyridine rings is 2. The molecule has 170 valence electrons. The van der Waals surface area contributed by atoms with Gasteiger partial charge >= 0.3 is 0 Å². The lowest BCUT2D eigenvalue weighted by atomic mass is 9.91. The van der Waals surface area contributed by atoms with Crippen molar-refractivity contribution in [1.29, 1.82) is 0 Å². The lowest BCUT2D eigenvalue weighted by Gasteiger charge is -2.31. The topological polar surface area (TPSA) is 107 Å². The first kappa shape index (κ1) is 21.2. The molecule has 4 aromatic heterocycles. The molecule has 0 unspecified atom stereocenters. The van der Waals surface area contributed by atoms with E-state index >= 15 is 0 Å². The number of likely N-dealkylation sites (tertiary alicyclic amines) is 1. The number of rotatable bonds is 7. The van der Waals surface area contributed by atoms with Crippen LogP contribution in [0.2, 0.25) is 0 Å². The van der Waals surface area contributed by atoms with E-state index in [1.165, 1.54) is 0 Å². The third-order valence-corrected chi connectivity index (χ3v) is 6.54. The molecule has 0 spiro atoms. The van der Waals surface area contributed by atoms with Gasteiger partial charge in [-0.2, -0.15) is 0 Å². The first-order valence-electron chi connectivity index (χ1n) is 11.6. The van der Waals surface area contributed by atoms with E-state index in [0.717, 1.165) is 67.0 Å². The molecule has 2 amide bonds. The Morgan fingerprint density at radius 3 is 2.24 bits per heavy atom. The van der Waals surface area contributed by atoms with E-state index in [0.29, 0.717) is 23.9 Å². The summed E-state index contributed by atoms with van der Waals surface area (Å²) in [7, 11) is 0. The van der Waals surface area contributed by atoms with E-state index in [4.69, 9.17) is 0 Å². The minimum atomic E-state index is -0.0780. The number of H-pyrrole nitrogens is 2. The Bertz CT molecular complexity index is 1200. The SMILES string of the molecule is O=C(NCCCCC1CCN(C(=O)c2cc3cnccc3[nH]2)CC1)c1cc2cnccc2[nH]1. The molecular weight excluding hydrogens is 416 g/mol. The second-order valence-electron chi connectivity index (χ2n) is 8.78. The zero-order valence-electron chi connectivity index (χ0n) is 18.5. The van der Waals surface area contributed by atoms with Crippen molar-refractivity contribution in [2.24, 2.45) is 5.92 Å². The van der Waals surface area contributed by atoms with Gasteiger partial charge in [-0.05, 0) is 49.4 Å². The van der Waals surface area contributed by atoms with Crippen LogP contribution in [0, 0.1) is 5.92 Å². The highest BCUT2D eigenvalue weighted by Gasteiger charge is 2.24. The van der Waals surface area contributed by atoms with Gasteiger partial charge in [0.25, 0.3) is 11.8 Å². The van der Waals surface area contributed by atoms with Crippen molar-refractivity contribution in [2.45, 2.75) is 32.1 Å². The molecule has 5 rings (SSSR count). The number of aromatic amines is 2. The number of fused-ring (bicyclic) bond motifs is 2. The lowest BCUT2D eigenvalue weighted by molar-refractivity contribution is 0.0681. The van der Waals surface area contributed by atoms with Crippen LogP contribution >= 0.6 is 0 Å². The van der Waals surface area contributed by atoms with Crippen molar-refractivity contribution >= 4 is 33.6 Å². The highest BCUT2D eigenvalue weighted by atomic mass is 16.2. The molecule has 0 saturated carbocycles. The van der Waals surface area contributed by atoms with Crippen LogP contribution in [0.15, 0.2) is 49.1 Å². The summed E-state index contributed by atoms with van der Waals surface area (Å²) in [5, 5.41) is 4.90. The molecule has 1 aliphatic heterocycles. The maximum Gasteiger partial charge on any atom is 0.270 e. The van der Waals surface area contributed by atoms with E-state index in [1.807, 2.05) is 29.2 Å². The maximum atomic E-state index is 12.8. The molecule has 1 aliphatic rings. The Kier molecular flexibility index (Phi) is 6.06. The third kappa shape index (κ3) is 4.74. The molecule has 3 N–H and O–H groups in total. The summed E-state index contributed by atoms with van der Waals surface area (Å²) in [4.78, 5) is 41.7. The number of hydrogen-bond acceptors (Lipinski definition) is 4. The third-order valence-electron chi connectivity index (χ3n) is 6.54. The quantitative estimate of drug-likeness (QED) is 0.376. The van der Waals surface area contributed by atoms with Crippen molar-refractivity contribution in [1.82, 2.24) is 30.2 Å². The largest absolute Gasteiger partial charge is 0.351 e. The Balaban J connectivity index is 1.01. The van der Waals surface area contributed by atoms with Crippen LogP contribution in [0.5, 0.6) is 0 Å². The molecule has 0 aromatic carbocycles. The molecule has 33 heavy (non-hydrogen) atoms. The number of piperidine rings is 1. The number of aromatic nitrogens is 4. The van der Waals surface area contributed by atoms with Gasteiger partial charge in [-0.25, -0.2) is 0 Å². The molecule has 8 nitrogen and oxygen atoms in total. The van der Waals surface area contributed by atoms with Crippen LogP contribution in [-0.4, -0.2) is 56.3 Å². The van der Waals surface area contributed by atoms with Gasteiger partial charge in [-0.3, -0.25) is 19.6 Å². The van der Waals surface area contributed by atoms with Crippen LogP contribution in [0.4, 0.5) is 0 Å². The molecule has 5 heterocycles. The summed E-state index contributed by atoms with van der Waals surface area (Å²) < 4.78 is 0. The highest BCUT2D eigenvalue weighted by Crippen LogP contribution is 2.24. The molecule has 0 atom stereocenters. The van der Waals surface area contributed by atoms with E-state index < -0.39 is 0 Å². The van der Waals surface area contributed by atoms with Crippen molar-refractivity contribution in [3.8, 4) is 0 Å². The number of unbranched alkanes of at least 4 members (excludes halogenated alkanes) is 1. The Morgan fingerprint density at radius 2 is 1.58 bits per heavy atom. The number of amides is 2. The average molecular weight is 445 g/mol. The molecule has 4 aromatic rings. The zero-order valence-corrected chi connectivity index (χ0v) is 18.5. The summed E-state index contributed by atoms with van der Waals surface area (Å²) >= 11 is 0. The number of carbonyl (C=O) groups is 2. The van der Waals surface area contributed by atoms with Gasteiger partial charge < -0.3 is 20.2 Å². The van der Waals surface area contributed by atoms with Gasteiger partial charge in [0.15, 0.2) is 0 Å². The van der Waals surface area contributed by atoms with Gasteiger partial charge in [-0.1, -0.05) is 12.8 Å². The Morgan fingerprint density at radius 1 is 0.939 bits per heavy atom. The normalized spacial score (nSPS) is 14.7. The fraction of sp³-hybridized carbons (Fsp3) is 0.360. The Hall–Kier alpha value is -3.68. The predicted molar refractivity (Wildman–Crippen MR) is 127 cm³/mol. The molecule has 1 fully saturated rings. The summed E-state index contributed by atoms with van der Waals surface area (Å²) in [6, 6.07) is 7.47. The number of nitrogens with zero attached hydrogens (tertiary/aromatic N) is 3. The Labute approximate surface area is 191 Å². The number of nitrogens with one attached hydrogen (secondary N) is 3. The zero-order chi connectivity index (χ0) is 22.6. The van der Waals surface area contributed by atoms with Crippen LogP contribution in [0.25, 0.3) is 21.8 Å². The van der Waals surface area contributed by atoms with Gasteiger partial charge in [0, 0.05) is 66.2 Å². The van der Waals surface area contributed by atoms with Crippen LogP contribution in [0.1, 0.15) is 53.1 Å². The predicted octanol–water partition coefficient (Wildman–Crippen LogP) is 3.89. The fourth-order valence-corrected chi connectivity index (χ4v) is 4.63. The van der Waals surface area contributed by atoms with Gasteiger partial charge in [-0.15, -0.1) is 0 Å². The molecule has 0 bridgehead atoms. The maximum absolute atomic E-state index is 12.8. The summed E-state index contributed by atoms with van der Waals surface area (Å²) in [5.41, 5.74) is 3.07. The minimum absolute atomic E-state index is 0.0696. The van der Waals surface area contributed by atoms with Crippen molar-refractivity contribution in [3.05, 3.63) is 60.4 Å².